The molecule has 2 rings (SSSR count). The first-order chi connectivity index (χ1) is 9.38. The van der Waals surface area contributed by atoms with E-state index in [1.54, 1.807) is 6.07 Å². The van der Waals surface area contributed by atoms with Gasteiger partial charge in [0.1, 0.15) is 17.3 Å². The van der Waals surface area contributed by atoms with Gasteiger partial charge in [0.05, 0.1) is 0 Å². The van der Waals surface area contributed by atoms with Crippen LogP contribution in [0.2, 0.25) is 5.02 Å². The van der Waals surface area contributed by atoms with E-state index in [4.69, 9.17) is 27.0 Å². The highest BCUT2D eigenvalue weighted by molar-refractivity contribution is 9.10. The van der Waals surface area contributed by atoms with Crippen LogP contribution in [0.5, 0.6) is 5.75 Å². The van der Waals surface area contributed by atoms with Gasteiger partial charge in [0.15, 0.2) is 0 Å². The molecule has 2 aromatic rings. The van der Waals surface area contributed by atoms with E-state index in [9.17, 15) is 8.42 Å². The molecule has 0 amide bonds. The van der Waals surface area contributed by atoms with E-state index in [2.05, 4.69) is 15.9 Å². The molecule has 20 heavy (non-hydrogen) atoms. The zero-order chi connectivity index (χ0) is 14.8. The number of hydrogen-bond donors (Lipinski definition) is 0. The molecule has 0 aliphatic carbocycles. The molecule has 3 nitrogen and oxygen atoms in total. The maximum atomic E-state index is 11.5. The first-order valence-corrected chi connectivity index (χ1v) is 8.96. The lowest BCUT2D eigenvalue weighted by atomic mass is 10.2. The maximum Gasteiger partial charge on any atom is 0.265 e. The fourth-order valence-electron chi connectivity index (χ4n) is 1.56. The van der Waals surface area contributed by atoms with Crippen LogP contribution in [0, 0.1) is 0 Å². The molecule has 0 saturated carbocycles. The van der Waals surface area contributed by atoms with Crippen LogP contribution in [-0.2, 0) is 15.7 Å². The molecular formula is C13H9BrCl2O3S. The van der Waals surface area contributed by atoms with Crippen LogP contribution in [0.25, 0.3) is 0 Å². The Bertz CT molecular complexity index is 732. The molecule has 0 aliphatic heterocycles. The first-order valence-electron chi connectivity index (χ1n) is 5.48. The van der Waals surface area contributed by atoms with Gasteiger partial charge >= 0.3 is 0 Å². The third-order valence-electron chi connectivity index (χ3n) is 2.51. The van der Waals surface area contributed by atoms with Crippen molar-refractivity contribution < 1.29 is 13.2 Å². The van der Waals surface area contributed by atoms with Gasteiger partial charge < -0.3 is 4.74 Å². The molecule has 0 heterocycles. The summed E-state index contributed by atoms with van der Waals surface area (Å²) in [5, 5.41) is 0.275. The molecule has 0 saturated heterocycles. The van der Waals surface area contributed by atoms with Crippen LogP contribution in [0.3, 0.4) is 0 Å². The van der Waals surface area contributed by atoms with Crippen molar-refractivity contribution in [2.24, 2.45) is 0 Å². The van der Waals surface area contributed by atoms with Crippen molar-refractivity contribution in [3.05, 3.63) is 57.5 Å². The average Bonchev–Trinajstić information content (AvgIpc) is 2.38. The van der Waals surface area contributed by atoms with Gasteiger partial charge in [0.25, 0.3) is 9.05 Å². The summed E-state index contributed by atoms with van der Waals surface area (Å²) >= 11 is 9.17. The Morgan fingerprint density at radius 3 is 2.50 bits per heavy atom. The topological polar surface area (TPSA) is 43.4 Å². The maximum absolute atomic E-state index is 11.5. The fourth-order valence-corrected chi connectivity index (χ4v) is 3.20. The van der Waals surface area contributed by atoms with Crippen LogP contribution < -0.4 is 4.74 Å². The number of benzene rings is 2. The molecule has 0 aliphatic rings. The van der Waals surface area contributed by atoms with Gasteiger partial charge in [-0.25, -0.2) is 8.42 Å². The zero-order valence-corrected chi connectivity index (χ0v) is 13.9. The Morgan fingerprint density at radius 2 is 1.85 bits per heavy atom. The average molecular weight is 396 g/mol. The lowest BCUT2D eigenvalue weighted by Crippen LogP contribution is -2.01. The monoisotopic (exact) mass is 394 g/mol. The molecule has 0 atom stereocenters. The predicted octanol–water partition coefficient (Wildman–Crippen LogP) is 4.61. The highest BCUT2D eigenvalue weighted by atomic mass is 79.9. The summed E-state index contributed by atoms with van der Waals surface area (Å²) in [6.07, 6.45) is 0. The van der Waals surface area contributed by atoms with Crippen molar-refractivity contribution in [1.82, 2.24) is 0 Å². The van der Waals surface area contributed by atoms with Crippen LogP contribution in [0.4, 0.5) is 0 Å². The van der Waals surface area contributed by atoms with Gasteiger partial charge in [-0.15, -0.1) is 0 Å². The number of rotatable bonds is 4. The van der Waals surface area contributed by atoms with Crippen molar-refractivity contribution in [2.45, 2.75) is 11.5 Å². The zero-order valence-electron chi connectivity index (χ0n) is 10.0. The Balaban J connectivity index is 2.29. The van der Waals surface area contributed by atoms with Gasteiger partial charge in [0, 0.05) is 25.7 Å². The largest absolute Gasteiger partial charge is 0.487 e. The van der Waals surface area contributed by atoms with E-state index in [0.717, 1.165) is 10.0 Å². The molecule has 106 valence electrons. The summed E-state index contributed by atoms with van der Waals surface area (Å²) in [6.45, 7) is 0.211. The lowest BCUT2D eigenvalue weighted by Gasteiger charge is -2.11. The summed E-state index contributed by atoms with van der Waals surface area (Å²) < 4.78 is 29.4. The van der Waals surface area contributed by atoms with Crippen LogP contribution in [0.1, 0.15) is 5.56 Å². The molecule has 0 spiro atoms. The SMILES string of the molecule is O=S(=O)(Cl)c1cc(Cl)ccc1OCc1ccccc1Br. The molecule has 0 radical (unpaired) electrons. The highest BCUT2D eigenvalue weighted by Crippen LogP contribution is 2.31. The molecule has 7 heteroatoms. The van der Waals surface area contributed by atoms with Crippen LogP contribution >= 0.6 is 38.2 Å². The normalized spacial score (nSPS) is 11.3. The van der Waals surface area contributed by atoms with Gasteiger partial charge in [-0.2, -0.15) is 0 Å². The summed E-state index contributed by atoms with van der Waals surface area (Å²) in [4.78, 5) is -0.140. The fraction of sp³-hybridized carbons (Fsp3) is 0.0769. The van der Waals surface area contributed by atoms with Crippen molar-refractivity contribution >= 4 is 47.3 Å². The number of ether oxygens (including phenoxy) is 1. The Morgan fingerprint density at radius 1 is 1.15 bits per heavy atom. The smallest absolute Gasteiger partial charge is 0.265 e. The van der Waals surface area contributed by atoms with Gasteiger partial charge in [0.2, 0.25) is 0 Å². The van der Waals surface area contributed by atoms with Crippen molar-refractivity contribution in [3.63, 3.8) is 0 Å². The second kappa shape index (κ2) is 6.35. The second-order valence-electron chi connectivity index (χ2n) is 3.91. The Hall–Kier alpha value is -0.750. The van der Waals surface area contributed by atoms with E-state index >= 15 is 0 Å². The molecule has 0 unspecified atom stereocenters. The third-order valence-corrected chi connectivity index (χ3v) is 4.86. The summed E-state index contributed by atoms with van der Waals surface area (Å²) in [5.74, 6) is 0.167. The standard InChI is InChI=1S/C13H9BrCl2O3S/c14-11-4-2-1-3-9(11)8-19-12-6-5-10(15)7-13(12)20(16,17)18/h1-7H,8H2. The molecule has 0 bridgehead atoms. The van der Waals surface area contributed by atoms with Gasteiger partial charge in [-0.05, 0) is 24.3 Å². The summed E-state index contributed by atoms with van der Waals surface area (Å²) in [7, 11) is 1.45. The minimum Gasteiger partial charge on any atom is -0.487 e. The summed E-state index contributed by atoms with van der Waals surface area (Å²) in [6, 6.07) is 11.8. The minimum atomic E-state index is -3.92. The van der Waals surface area contributed by atoms with Crippen molar-refractivity contribution in [2.75, 3.05) is 0 Å². The van der Waals surface area contributed by atoms with E-state index in [-0.39, 0.29) is 22.3 Å². The second-order valence-corrected chi connectivity index (χ2v) is 7.73. The molecule has 0 aromatic heterocycles. The third kappa shape index (κ3) is 3.88. The quantitative estimate of drug-likeness (QED) is 0.710. The molecule has 0 N–H and O–H groups in total. The lowest BCUT2D eigenvalue weighted by molar-refractivity contribution is 0.297. The van der Waals surface area contributed by atoms with E-state index in [0.29, 0.717) is 0 Å². The Kier molecular flexibility index (Phi) is 4.96. The van der Waals surface area contributed by atoms with Gasteiger partial charge in [-0.3, -0.25) is 0 Å². The van der Waals surface area contributed by atoms with E-state index in [1.807, 2.05) is 24.3 Å². The predicted molar refractivity (Wildman–Crippen MR) is 83.0 cm³/mol. The minimum absolute atomic E-state index is 0.140. The number of hydrogen-bond acceptors (Lipinski definition) is 3. The molecule has 0 fully saturated rings. The highest BCUT2D eigenvalue weighted by Gasteiger charge is 2.17. The van der Waals surface area contributed by atoms with E-state index < -0.39 is 9.05 Å². The summed E-state index contributed by atoms with van der Waals surface area (Å²) in [5.41, 5.74) is 0.889. The van der Waals surface area contributed by atoms with Crippen LogP contribution in [-0.4, -0.2) is 8.42 Å². The van der Waals surface area contributed by atoms with Crippen molar-refractivity contribution in [3.8, 4) is 5.75 Å². The number of halogens is 3. The first kappa shape index (κ1) is 15.6. The Labute approximate surface area is 135 Å². The van der Waals surface area contributed by atoms with Crippen molar-refractivity contribution in [1.29, 1.82) is 0 Å². The molecule has 2 aromatic carbocycles. The van der Waals surface area contributed by atoms with Gasteiger partial charge in [-0.1, -0.05) is 45.7 Å². The van der Waals surface area contributed by atoms with E-state index in [1.165, 1.54) is 12.1 Å². The molecular weight excluding hydrogens is 387 g/mol. The van der Waals surface area contributed by atoms with Crippen LogP contribution in [0.15, 0.2) is 51.8 Å².